The number of hydrogen-bond acceptors (Lipinski definition) is 6. The molecule has 1 aliphatic heterocycles. The average Bonchev–Trinajstić information content (AvgIpc) is 2.84. The smallest absolute Gasteiger partial charge is 0.303 e. The summed E-state index contributed by atoms with van der Waals surface area (Å²) in [6.45, 7) is 8.00. The molecular weight excluding hydrogens is 434 g/mol. The van der Waals surface area contributed by atoms with Gasteiger partial charge in [0.05, 0.1) is 19.1 Å². The third kappa shape index (κ3) is 13.5. The van der Waals surface area contributed by atoms with Gasteiger partial charge in [-0.3, -0.25) is 19.3 Å². The number of ketones is 2. The van der Waals surface area contributed by atoms with Gasteiger partial charge in [-0.1, -0.05) is 45.2 Å². The Hall–Kier alpha value is -2.25. The molecule has 0 saturated carbocycles. The van der Waals surface area contributed by atoms with E-state index in [1.54, 1.807) is 12.1 Å². The van der Waals surface area contributed by atoms with E-state index in [1.165, 1.54) is 5.56 Å². The van der Waals surface area contributed by atoms with Crippen molar-refractivity contribution in [1.29, 1.82) is 0 Å². The highest BCUT2D eigenvalue weighted by molar-refractivity contribution is 6.02. The van der Waals surface area contributed by atoms with Crippen LogP contribution in [0.3, 0.4) is 0 Å². The minimum atomic E-state index is -0.705. The van der Waals surface area contributed by atoms with E-state index in [0.29, 0.717) is 25.0 Å². The second-order valence-electron chi connectivity index (χ2n) is 8.76. The lowest BCUT2D eigenvalue weighted by Gasteiger charge is -2.26. The Labute approximate surface area is 204 Å². The van der Waals surface area contributed by atoms with E-state index in [-0.39, 0.29) is 23.9 Å². The lowest BCUT2D eigenvalue weighted by Crippen LogP contribution is -2.36. The van der Waals surface area contributed by atoms with E-state index in [0.717, 1.165) is 71.4 Å². The number of nitrogens with zero attached hydrogens (tertiary/aromatic N) is 1. The molecule has 7 heteroatoms. The van der Waals surface area contributed by atoms with Crippen molar-refractivity contribution in [2.24, 2.45) is 5.92 Å². The molecule has 0 amide bonds. The second kappa shape index (κ2) is 18.1. The van der Waals surface area contributed by atoms with Crippen LogP contribution in [-0.4, -0.2) is 65.5 Å². The molecule has 2 rings (SSSR count). The van der Waals surface area contributed by atoms with Gasteiger partial charge in [-0.15, -0.1) is 0 Å². The molecule has 0 radical (unpaired) electrons. The quantitative estimate of drug-likeness (QED) is 0.280. The van der Waals surface area contributed by atoms with Crippen molar-refractivity contribution in [3.63, 3.8) is 0 Å². The van der Waals surface area contributed by atoms with Crippen molar-refractivity contribution in [2.75, 3.05) is 32.8 Å². The minimum absolute atomic E-state index is 0.0935. The van der Waals surface area contributed by atoms with Crippen molar-refractivity contribution in [1.82, 2.24) is 4.90 Å². The first-order valence-corrected chi connectivity index (χ1v) is 12.7. The highest BCUT2D eigenvalue weighted by Gasteiger charge is 2.22. The summed E-state index contributed by atoms with van der Waals surface area (Å²) >= 11 is 0. The summed E-state index contributed by atoms with van der Waals surface area (Å²) in [5.41, 5.74) is 1.23. The fourth-order valence-corrected chi connectivity index (χ4v) is 3.97. The van der Waals surface area contributed by atoms with Crippen LogP contribution in [0.2, 0.25) is 0 Å². The lowest BCUT2D eigenvalue weighted by atomic mass is 9.90. The monoisotopic (exact) mass is 477 g/mol. The number of carboxylic acids is 1. The van der Waals surface area contributed by atoms with E-state index < -0.39 is 5.97 Å². The number of carboxylic acid groups (broad SMARTS) is 1. The van der Waals surface area contributed by atoms with Gasteiger partial charge in [0.2, 0.25) is 0 Å². The molecule has 0 spiro atoms. The van der Waals surface area contributed by atoms with E-state index in [9.17, 15) is 19.5 Å². The van der Waals surface area contributed by atoms with Gasteiger partial charge in [0.15, 0.2) is 0 Å². The molecular formula is C27H43NO6. The molecule has 0 unspecified atom stereocenters. The Kier molecular flexibility index (Phi) is 15.9. The summed E-state index contributed by atoms with van der Waals surface area (Å²) < 4.78 is 5.17. The van der Waals surface area contributed by atoms with Crippen molar-refractivity contribution in [2.45, 2.75) is 78.1 Å². The number of Topliss-reactive ketones (excluding diaryl/α,β-unsaturated/α-hetero) is 2. The molecule has 0 atom stereocenters. The van der Waals surface area contributed by atoms with Crippen molar-refractivity contribution in [3.05, 3.63) is 29.8 Å². The zero-order chi connectivity index (χ0) is 25.2. The van der Waals surface area contributed by atoms with Crippen molar-refractivity contribution >= 4 is 17.5 Å². The second-order valence-corrected chi connectivity index (χ2v) is 8.76. The number of aromatic hydroxyl groups is 1. The number of hydrogen-bond donors (Lipinski definition) is 2. The molecule has 1 aliphatic rings. The zero-order valence-corrected chi connectivity index (χ0v) is 21.0. The fourth-order valence-electron chi connectivity index (χ4n) is 3.97. The Morgan fingerprint density at radius 2 is 1.50 bits per heavy atom. The number of phenolic OH excluding ortho intramolecular Hbond substituents is 1. The van der Waals surface area contributed by atoms with Crippen LogP contribution in [0.25, 0.3) is 0 Å². The Morgan fingerprint density at radius 1 is 0.912 bits per heavy atom. The van der Waals surface area contributed by atoms with Crippen LogP contribution in [0.5, 0.6) is 5.75 Å². The molecule has 0 aliphatic carbocycles. The summed E-state index contributed by atoms with van der Waals surface area (Å²) in [6, 6.07) is 7.33. The first-order valence-electron chi connectivity index (χ1n) is 12.7. The van der Waals surface area contributed by atoms with Gasteiger partial charge in [-0.2, -0.15) is 0 Å². The number of carbonyl (C=O) groups excluding carboxylic acids is 2. The maximum Gasteiger partial charge on any atom is 0.303 e. The Bertz CT molecular complexity index is 696. The number of ether oxygens (including phenoxy) is 1. The summed E-state index contributed by atoms with van der Waals surface area (Å²) in [7, 11) is 0. The highest BCUT2D eigenvalue weighted by atomic mass is 16.5. The highest BCUT2D eigenvalue weighted by Crippen LogP contribution is 2.17. The number of aryl methyl sites for hydroxylation is 1. The first-order chi connectivity index (χ1) is 16.4. The third-order valence-corrected chi connectivity index (χ3v) is 6.09. The van der Waals surface area contributed by atoms with E-state index in [2.05, 4.69) is 4.90 Å². The van der Waals surface area contributed by atoms with Crippen LogP contribution in [0.1, 0.15) is 77.2 Å². The van der Waals surface area contributed by atoms with Gasteiger partial charge in [-0.25, -0.2) is 0 Å². The average molecular weight is 478 g/mol. The van der Waals surface area contributed by atoms with Crippen LogP contribution in [0.15, 0.2) is 24.3 Å². The predicted molar refractivity (Wildman–Crippen MR) is 133 cm³/mol. The Balaban J connectivity index is 0.000000404. The van der Waals surface area contributed by atoms with E-state index in [1.807, 2.05) is 26.0 Å². The SMILES string of the molecule is CCC(=O)C(CCCCCCc1ccc(O)cc1)C(=O)CC.O=C(O)CCCN1CCOCC1. The van der Waals surface area contributed by atoms with E-state index >= 15 is 0 Å². The standard InChI is InChI=1S/C19H28O3.C8H15NO3/c1-3-18(21)17(19(22)4-2)10-8-6-5-7-9-15-11-13-16(20)14-12-15;10-8(11)2-1-3-9-4-6-12-7-5-9/h11-14,17,20H,3-10H2,1-2H3;1-7H2,(H,10,11). The van der Waals surface area contributed by atoms with Gasteiger partial charge < -0.3 is 14.9 Å². The summed E-state index contributed by atoms with van der Waals surface area (Å²) in [5, 5.41) is 17.6. The largest absolute Gasteiger partial charge is 0.508 e. The number of unbranched alkanes of at least 4 members (excludes halogenated alkanes) is 3. The third-order valence-electron chi connectivity index (χ3n) is 6.09. The van der Waals surface area contributed by atoms with Gasteiger partial charge in [0, 0.05) is 32.4 Å². The number of rotatable bonds is 15. The van der Waals surface area contributed by atoms with Crippen LogP contribution >= 0.6 is 0 Å². The predicted octanol–water partition coefficient (Wildman–Crippen LogP) is 4.64. The molecule has 34 heavy (non-hydrogen) atoms. The van der Waals surface area contributed by atoms with Crippen molar-refractivity contribution in [3.8, 4) is 5.75 Å². The van der Waals surface area contributed by atoms with Crippen LogP contribution in [0.4, 0.5) is 0 Å². The maximum absolute atomic E-state index is 11.8. The summed E-state index contributed by atoms with van der Waals surface area (Å²) in [6.07, 6.45) is 7.85. The van der Waals surface area contributed by atoms with Crippen LogP contribution < -0.4 is 0 Å². The molecule has 2 N–H and O–H groups in total. The molecule has 1 aromatic carbocycles. The van der Waals surface area contributed by atoms with Crippen LogP contribution in [0, 0.1) is 5.92 Å². The molecule has 192 valence electrons. The zero-order valence-electron chi connectivity index (χ0n) is 21.0. The number of carbonyl (C=O) groups is 3. The lowest BCUT2D eigenvalue weighted by molar-refractivity contribution is -0.137. The van der Waals surface area contributed by atoms with Gasteiger partial charge in [0.1, 0.15) is 17.3 Å². The normalized spacial score (nSPS) is 13.9. The van der Waals surface area contributed by atoms with Gasteiger partial charge >= 0.3 is 5.97 Å². The number of morpholine rings is 1. The van der Waals surface area contributed by atoms with Gasteiger partial charge in [-0.05, 0) is 49.9 Å². The van der Waals surface area contributed by atoms with E-state index in [4.69, 9.17) is 9.84 Å². The van der Waals surface area contributed by atoms with Gasteiger partial charge in [0.25, 0.3) is 0 Å². The van der Waals surface area contributed by atoms with Crippen LogP contribution in [-0.2, 0) is 25.5 Å². The molecule has 0 bridgehead atoms. The fraction of sp³-hybridized carbons (Fsp3) is 0.667. The maximum atomic E-state index is 11.8. The molecule has 7 nitrogen and oxygen atoms in total. The Morgan fingerprint density at radius 3 is 2.06 bits per heavy atom. The topological polar surface area (TPSA) is 104 Å². The molecule has 1 aromatic rings. The van der Waals surface area contributed by atoms with Crippen molar-refractivity contribution < 1.29 is 29.3 Å². The number of phenols is 1. The minimum Gasteiger partial charge on any atom is -0.508 e. The summed E-state index contributed by atoms with van der Waals surface area (Å²) in [4.78, 5) is 36.0. The molecule has 1 fully saturated rings. The number of aliphatic carboxylic acids is 1. The molecule has 1 saturated heterocycles. The molecule has 0 aromatic heterocycles. The number of benzene rings is 1. The first kappa shape index (κ1) is 29.8. The summed E-state index contributed by atoms with van der Waals surface area (Å²) in [5.74, 6) is -0.585. The molecule has 1 heterocycles.